The van der Waals surface area contributed by atoms with Crippen LogP contribution in [0.5, 0.6) is 0 Å². The van der Waals surface area contributed by atoms with Gasteiger partial charge in [-0.05, 0) is 19.1 Å². The van der Waals surface area contributed by atoms with Gasteiger partial charge in [-0.3, -0.25) is 0 Å². The van der Waals surface area contributed by atoms with E-state index in [1.165, 1.54) is 13.2 Å². The van der Waals surface area contributed by atoms with E-state index in [4.69, 9.17) is 11.5 Å². The van der Waals surface area contributed by atoms with Crippen LogP contribution in [0.4, 0.5) is 14.5 Å². The van der Waals surface area contributed by atoms with E-state index in [-0.39, 0.29) is 5.69 Å². The lowest BCUT2D eigenvalue weighted by Crippen LogP contribution is -2.23. The van der Waals surface area contributed by atoms with Gasteiger partial charge in [0, 0.05) is 18.8 Å². The van der Waals surface area contributed by atoms with Crippen LogP contribution in [-0.4, -0.2) is 18.7 Å². The van der Waals surface area contributed by atoms with Crippen molar-refractivity contribution < 1.29 is 13.5 Å². The number of hydrogen-bond acceptors (Lipinski definition) is 4. The second-order valence-electron chi connectivity index (χ2n) is 3.64. The minimum atomic E-state index is -3.16. The molecule has 0 unspecified atom stereocenters. The van der Waals surface area contributed by atoms with Gasteiger partial charge >= 0.3 is 5.92 Å². The summed E-state index contributed by atoms with van der Waals surface area (Å²) in [6.07, 6.45) is 0. The predicted molar refractivity (Wildman–Crippen MR) is 57.0 cm³/mol. The number of pyridine rings is 1. The van der Waals surface area contributed by atoms with Crippen molar-refractivity contribution in [3.05, 3.63) is 23.5 Å². The van der Waals surface area contributed by atoms with Gasteiger partial charge < -0.3 is 16.2 Å². The quantitative estimate of drug-likeness (QED) is 0.821. The number of hydrogen-bond donors (Lipinski definition) is 2. The summed E-state index contributed by atoms with van der Waals surface area (Å²) in [5.74, 6) is -3.16. The van der Waals surface area contributed by atoms with E-state index in [2.05, 4.69) is 9.72 Å². The van der Waals surface area contributed by atoms with E-state index in [9.17, 15) is 8.78 Å². The first-order valence-electron chi connectivity index (χ1n) is 4.77. The average Bonchev–Trinajstić information content (AvgIpc) is 2.16. The highest BCUT2D eigenvalue weighted by Crippen LogP contribution is 2.28. The van der Waals surface area contributed by atoms with Crippen LogP contribution in [0.15, 0.2) is 12.1 Å². The number of nitrogen functional groups attached to an aromatic ring is 1. The van der Waals surface area contributed by atoms with Gasteiger partial charge in [-0.1, -0.05) is 0 Å². The van der Waals surface area contributed by atoms with Crippen molar-refractivity contribution in [1.29, 1.82) is 0 Å². The molecule has 90 valence electrons. The molecular weight excluding hydrogens is 216 g/mol. The number of halogens is 2. The van der Waals surface area contributed by atoms with Crippen molar-refractivity contribution in [2.75, 3.05) is 19.5 Å². The molecule has 1 heterocycles. The predicted octanol–water partition coefficient (Wildman–Crippen LogP) is 1.42. The third-order valence-electron chi connectivity index (χ3n) is 2.03. The Bertz CT molecular complexity index is 369. The van der Waals surface area contributed by atoms with Gasteiger partial charge in [-0.25, -0.2) is 4.98 Å². The molecule has 0 radical (unpaired) electrons. The molecule has 0 aliphatic carbocycles. The number of anilines is 1. The van der Waals surface area contributed by atoms with Gasteiger partial charge in [0.1, 0.15) is 12.3 Å². The van der Waals surface area contributed by atoms with E-state index in [1.807, 2.05) is 0 Å². The number of alkyl halides is 2. The van der Waals surface area contributed by atoms with Crippen LogP contribution < -0.4 is 11.5 Å². The molecule has 6 heteroatoms. The highest BCUT2D eigenvalue weighted by atomic mass is 19.3. The average molecular weight is 231 g/mol. The summed E-state index contributed by atoms with van der Waals surface area (Å²) < 4.78 is 31.4. The Hall–Kier alpha value is -1.27. The van der Waals surface area contributed by atoms with E-state index >= 15 is 0 Å². The van der Waals surface area contributed by atoms with Crippen molar-refractivity contribution in [2.45, 2.75) is 18.9 Å². The van der Waals surface area contributed by atoms with Crippen LogP contribution in [0.2, 0.25) is 0 Å². The highest BCUT2D eigenvalue weighted by molar-refractivity contribution is 5.42. The monoisotopic (exact) mass is 231 g/mol. The topological polar surface area (TPSA) is 74.2 Å². The number of nitrogens with zero attached hydrogens (tertiary/aromatic N) is 1. The van der Waals surface area contributed by atoms with Gasteiger partial charge in [-0.2, -0.15) is 8.78 Å². The van der Waals surface area contributed by atoms with Crippen molar-refractivity contribution in [3.63, 3.8) is 0 Å². The van der Waals surface area contributed by atoms with Crippen LogP contribution in [0.25, 0.3) is 0 Å². The molecule has 0 bridgehead atoms. The zero-order chi connectivity index (χ0) is 12.3. The molecule has 0 fully saturated rings. The van der Waals surface area contributed by atoms with Gasteiger partial charge in [-0.15, -0.1) is 0 Å². The summed E-state index contributed by atoms with van der Waals surface area (Å²) in [5.41, 5.74) is 11.2. The van der Waals surface area contributed by atoms with Crippen LogP contribution in [0.3, 0.4) is 0 Å². The maximum Gasteiger partial charge on any atom is 0.312 e. The van der Waals surface area contributed by atoms with E-state index in [0.29, 0.717) is 5.69 Å². The standard InChI is InChI=1S/C10H15F2N3O/c1-6(13)8-3-7(14)4-9(15-8)10(11,12)5-16-2/h3-4,6H,5,13H2,1-2H3,(H2,14,15)/t6-/m1/s1. The molecule has 4 N–H and O–H groups in total. The molecule has 0 spiro atoms. The van der Waals surface area contributed by atoms with E-state index < -0.39 is 24.3 Å². The van der Waals surface area contributed by atoms with E-state index in [1.54, 1.807) is 6.92 Å². The molecule has 0 aliphatic rings. The lowest BCUT2D eigenvalue weighted by molar-refractivity contribution is -0.0731. The van der Waals surface area contributed by atoms with Gasteiger partial charge in [0.05, 0.1) is 5.69 Å². The minimum absolute atomic E-state index is 0.216. The van der Waals surface area contributed by atoms with Crippen molar-refractivity contribution in [1.82, 2.24) is 4.98 Å². The Morgan fingerprint density at radius 3 is 2.62 bits per heavy atom. The fourth-order valence-electron chi connectivity index (χ4n) is 1.25. The highest BCUT2D eigenvalue weighted by Gasteiger charge is 2.34. The fourth-order valence-corrected chi connectivity index (χ4v) is 1.25. The van der Waals surface area contributed by atoms with Crippen LogP contribution in [0.1, 0.15) is 24.4 Å². The summed E-state index contributed by atoms with van der Waals surface area (Å²) >= 11 is 0. The lowest BCUT2D eigenvalue weighted by atomic mass is 10.1. The molecule has 1 aromatic heterocycles. The van der Waals surface area contributed by atoms with Crippen molar-refractivity contribution >= 4 is 5.69 Å². The fraction of sp³-hybridized carbons (Fsp3) is 0.500. The van der Waals surface area contributed by atoms with Gasteiger partial charge in [0.15, 0.2) is 0 Å². The maximum atomic E-state index is 13.5. The first kappa shape index (κ1) is 12.8. The van der Waals surface area contributed by atoms with Crippen LogP contribution in [-0.2, 0) is 10.7 Å². The molecule has 0 saturated carbocycles. The smallest absolute Gasteiger partial charge is 0.312 e. The first-order valence-corrected chi connectivity index (χ1v) is 4.77. The van der Waals surface area contributed by atoms with Crippen molar-refractivity contribution in [2.24, 2.45) is 5.73 Å². The molecule has 1 atom stereocenters. The molecule has 1 aromatic rings. The molecule has 0 amide bonds. The molecule has 0 saturated heterocycles. The molecular formula is C10H15F2N3O. The zero-order valence-electron chi connectivity index (χ0n) is 9.21. The number of ether oxygens (including phenoxy) is 1. The second-order valence-corrected chi connectivity index (χ2v) is 3.64. The van der Waals surface area contributed by atoms with Crippen LogP contribution >= 0.6 is 0 Å². The Labute approximate surface area is 92.6 Å². The van der Waals surface area contributed by atoms with E-state index in [0.717, 1.165) is 6.07 Å². The van der Waals surface area contributed by atoms with Gasteiger partial charge in [0.25, 0.3) is 0 Å². The summed E-state index contributed by atoms with van der Waals surface area (Å²) in [6, 6.07) is 2.17. The summed E-state index contributed by atoms with van der Waals surface area (Å²) in [7, 11) is 1.20. The summed E-state index contributed by atoms with van der Waals surface area (Å²) in [4.78, 5) is 3.79. The first-order chi connectivity index (χ1) is 7.36. The third-order valence-corrected chi connectivity index (χ3v) is 2.03. The number of nitrogens with two attached hydrogens (primary N) is 2. The Morgan fingerprint density at radius 1 is 1.50 bits per heavy atom. The Balaban J connectivity index is 3.13. The minimum Gasteiger partial charge on any atom is -0.399 e. The number of aromatic nitrogens is 1. The summed E-state index contributed by atoms with van der Waals surface area (Å²) in [5, 5.41) is 0. The number of methoxy groups -OCH3 is 1. The van der Waals surface area contributed by atoms with Gasteiger partial charge in [0.2, 0.25) is 0 Å². The van der Waals surface area contributed by atoms with Crippen LogP contribution in [0, 0.1) is 0 Å². The Morgan fingerprint density at radius 2 is 2.12 bits per heavy atom. The normalized spacial score (nSPS) is 13.8. The number of rotatable bonds is 4. The van der Waals surface area contributed by atoms with Crippen molar-refractivity contribution in [3.8, 4) is 0 Å². The second kappa shape index (κ2) is 4.71. The molecule has 4 nitrogen and oxygen atoms in total. The molecule has 0 aromatic carbocycles. The summed E-state index contributed by atoms with van der Waals surface area (Å²) in [6.45, 7) is 0.919. The maximum absolute atomic E-state index is 13.5. The zero-order valence-corrected chi connectivity index (χ0v) is 9.21. The molecule has 1 rings (SSSR count). The molecule has 16 heavy (non-hydrogen) atoms. The SMILES string of the molecule is COCC(F)(F)c1cc(N)cc([C@@H](C)N)n1. The molecule has 0 aliphatic heterocycles. The lowest BCUT2D eigenvalue weighted by Gasteiger charge is -2.17. The third kappa shape index (κ3) is 2.86. The Kier molecular flexibility index (Phi) is 3.77. The largest absolute Gasteiger partial charge is 0.399 e.